The third kappa shape index (κ3) is 1.71. The van der Waals surface area contributed by atoms with Crippen molar-refractivity contribution in [2.24, 2.45) is 11.3 Å². The van der Waals surface area contributed by atoms with E-state index in [-0.39, 0.29) is 0 Å². The van der Waals surface area contributed by atoms with Gasteiger partial charge in [0.15, 0.2) is 10.4 Å². The van der Waals surface area contributed by atoms with Crippen molar-refractivity contribution < 1.29 is 0 Å². The highest BCUT2D eigenvalue weighted by molar-refractivity contribution is 7.71. The molecule has 0 aromatic carbocycles. The molecule has 2 aromatic heterocycles. The summed E-state index contributed by atoms with van der Waals surface area (Å²) in [6, 6.07) is 3.97. The van der Waals surface area contributed by atoms with Crippen LogP contribution in [-0.4, -0.2) is 14.5 Å². The number of H-pyrrole nitrogens is 1. The van der Waals surface area contributed by atoms with E-state index in [4.69, 9.17) is 12.2 Å². The summed E-state index contributed by atoms with van der Waals surface area (Å²) in [7, 11) is 0. The molecule has 2 aromatic rings. The molecule has 17 heavy (non-hydrogen) atoms. The highest BCUT2D eigenvalue weighted by Gasteiger charge is 2.45. The second-order valence-corrected chi connectivity index (χ2v) is 5.79. The average Bonchev–Trinajstić information content (AvgIpc) is 3.01. The van der Waals surface area contributed by atoms with Crippen molar-refractivity contribution in [1.29, 1.82) is 0 Å². The van der Waals surface area contributed by atoms with Crippen molar-refractivity contribution in [3.05, 3.63) is 23.1 Å². The van der Waals surface area contributed by atoms with Crippen LogP contribution in [-0.2, 0) is 6.54 Å². The third-order valence-corrected chi connectivity index (χ3v) is 4.44. The Morgan fingerprint density at radius 1 is 1.53 bits per heavy atom. The lowest BCUT2D eigenvalue weighted by Crippen LogP contribution is -2.18. The second-order valence-electron chi connectivity index (χ2n) is 5.41. The summed E-state index contributed by atoms with van der Waals surface area (Å²) in [6.45, 7) is 5.61. The predicted octanol–water partition coefficient (Wildman–Crippen LogP) is 3.53. The summed E-state index contributed by atoms with van der Waals surface area (Å²) < 4.78 is 2.96. The van der Waals surface area contributed by atoms with Gasteiger partial charge >= 0.3 is 0 Å². The van der Waals surface area contributed by atoms with Gasteiger partial charge in [0, 0.05) is 12.7 Å². The number of nitrogens with one attached hydrogen (secondary N) is 1. The molecule has 0 radical (unpaired) electrons. The minimum atomic E-state index is 0.449. The van der Waals surface area contributed by atoms with E-state index in [9.17, 15) is 0 Å². The van der Waals surface area contributed by atoms with Gasteiger partial charge in [-0.3, -0.25) is 0 Å². The number of imidazole rings is 1. The van der Waals surface area contributed by atoms with Crippen molar-refractivity contribution in [3.8, 4) is 0 Å². The number of hydrogen-bond donors (Lipinski definition) is 1. The number of rotatable bonds is 3. The SMILES string of the molecule is CC(C)C1(Cn2c(=S)[nH]c3cccnc32)CC1. The van der Waals surface area contributed by atoms with Gasteiger partial charge in [-0.05, 0) is 48.5 Å². The van der Waals surface area contributed by atoms with Crippen LogP contribution in [0.4, 0.5) is 0 Å². The molecular formula is C13H17N3S. The van der Waals surface area contributed by atoms with Crippen molar-refractivity contribution >= 4 is 23.4 Å². The molecule has 1 fully saturated rings. The first-order valence-electron chi connectivity index (χ1n) is 6.16. The summed E-state index contributed by atoms with van der Waals surface area (Å²) >= 11 is 5.40. The van der Waals surface area contributed by atoms with Crippen LogP contribution in [0, 0.1) is 16.1 Å². The molecule has 3 rings (SSSR count). The van der Waals surface area contributed by atoms with Crippen LogP contribution in [0.25, 0.3) is 11.2 Å². The molecule has 1 aliphatic carbocycles. The van der Waals surface area contributed by atoms with Gasteiger partial charge in [0.25, 0.3) is 0 Å². The fraction of sp³-hybridized carbons (Fsp3) is 0.538. The molecule has 2 heterocycles. The van der Waals surface area contributed by atoms with Crippen LogP contribution in [0.3, 0.4) is 0 Å². The number of fused-ring (bicyclic) bond motifs is 1. The molecule has 90 valence electrons. The standard InChI is InChI=1S/C13H17N3S/c1-9(2)13(5-6-13)8-16-11-10(15-12(16)17)4-3-7-14-11/h3-4,7,9H,5-6,8H2,1-2H3,(H,15,17). The Balaban J connectivity index is 2.06. The van der Waals surface area contributed by atoms with E-state index in [1.54, 1.807) is 0 Å². The van der Waals surface area contributed by atoms with Gasteiger partial charge in [-0.2, -0.15) is 0 Å². The van der Waals surface area contributed by atoms with Crippen LogP contribution in [0.1, 0.15) is 26.7 Å². The van der Waals surface area contributed by atoms with Gasteiger partial charge in [0.2, 0.25) is 0 Å². The molecule has 0 bridgehead atoms. The minimum Gasteiger partial charge on any atom is -0.329 e. The number of hydrogen-bond acceptors (Lipinski definition) is 2. The lowest BCUT2D eigenvalue weighted by Gasteiger charge is -2.20. The number of pyridine rings is 1. The van der Waals surface area contributed by atoms with E-state index >= 15 is 0 Å². The maximum Gasteiger partial charge on any atom is 0.179 e. The van der Waals surface area contributed by atoms with Gasteiger partial charge in [-0.25, -0.2) is 4.98 Å². The molecule has 3 nitrogen and oxygen atoms in total. The molecule has 0 aliphatic heterocycles. The first kappa shape index (κ1) is 11.0. The quantitative estimate of drug-likeness (QED) is 0.842. The largest absolute Gasteiger partial charge is 0.329 e. The summed E-state index contributed by atoms with van der Waals surface area (Å²) in [5.41, 5.74) is 2.48. The predicted molar refractivity (Wildman–Crippen MR) is 71.4 cm³/mol. The minimum absolute atomic E-state index is 0.449. The van der Waals surface area contributed by atoms with E-state index in [1.807, 2.05) is 18.3 Å². The van der Waals surface area contributed by atoms with Gasteiger partial charge in [-0.1, -0.05) is 13.8 Å². The topological polar surface area (TPSA) is 33.6 Å². The highest BCUT2D eigenvalue weighted by Crippen LogP contribution is 2.53. The lowest BCUT2D eigenvalue weighted by atomic mass is 9.92. The molecule has 0 spiro atoms. The summed E-state index contributed by atoms with van der Waals surface area (Å²) in [4.78, 5) is 7.67. The molecule has 1 N–H and O–H groups in total. The van der Waals surface area contributed by atoms with Crippen molar-refractivity contribution in [2.45, 2.75) is 33.2 Å². The zero-order valence-corrected chi connectivity index (χ0v) is 11.0. The number of nitrogens with zero attached hydrogens (tertiary/aromatic N) is 2. The van der Waals surface area contributed by atoms with Crippen molar-refractivity contribution in [2.75, 3.05) is 0 Å². The van der Waals surface area contributed by atoms with Crippen LogP contribution < -0.4 is 0 Å². The summed E-state index contributed by atoms with van der Waals surface area (Å²) in [5, 5.41) is 0. The van der Waals surface area contributed by atoms with E-state index in [0.29, 0.717) is 11.3 Å². The first-order valence-corrected chi connectivity index (χ1v) is 6.57. The zero-order chi connectivity index (χ0) is 12.0. The molecule has 1 saturated carbocycles. The lowest BCUT2D eigenvalue weighted by molar-refractivity contribution is 0.310. The van der Waals surface area contributed by atoms with Crippen molar-refractivity contribution in [1.82, 2.24) is 14.5 Å². The molecule has 1 aliphatic rings. The Hall–Kier alpha value is -1.16. The Bertz CT molecular complexity index is 604. The maximum absolute atomic E-state index is 5.40. The summed E-state index contributed by atoms with van der Waals surface area (Å²) in [5.74, 6) is 0.707. The van der Waals surface area contributed by atoms with Gasteiger partial charge < -0.3 is 9.55 Å². The van der Waals surface area contributed by atoms with Crippen LogP contribution >= 0.6 is 12.2 Å². The normalized spacial score (nSPS) is 17.8. The smallest absolute Gasteiger partial charge is 0.179 e. The van der Waals surface area contributed by atoms with E-state index in [0.717, 1.165) is 22.5 Å². The van der Waals surface area contributed by atoms with Gasteiger partial charge in [-0.15, -0.1) is 0 Å². The fourth-order valence-electron chi connectivity index (χ4n) is 2.53. The Labute approximate surface area is 106 Å². The van der Waals surface area contributed by atoms with E-state index in [2.05, 4.69) is 28.4 Å². The van der Waals surface area contributed by atoms with E-state index in [1.165, 1.54) is 12.8 Å². The molecule has 0 saturated heterocycles. The monoisotopic (exact) mass is 247 g/mol. The van der Waals surface area contributed by atoms with Crippen LogP contribution in [0.15, 0.2) is 18.3 Å². The second kappa shape index (κ2) is 3.67. The molecule has 4 heteroatoms. The highest BCUT2D eigenvalue weighted by atomic mass is 32.1. The average molecular weight is 247 g/mol. The van der Waals surface area contributed by atoms with Gasteiger partial charge in [0.05, 0.1) is 5.52 Å². The zero-order valence-electron chi connectivity index (χ0n) is 10.2. The molecule has 0 unspecified atom stereocenters. The first-order chi connectivity index (χ1) is 8.12. The van der Waals surface area contributed by atoms with E-state index < -0.39 is 0 Å². The third-order valence-electron chi connectivity index (χ3n) is 4.12. The summed E-state index contributed by atoms with van der Waals surface area (Å²) in [6.07, 6.45) is 4.45. The Kier molecular flexibility index (Phi) is 2.36. The number of aromatic amines is 1. The van der Waals surface area contributed by atoms with Crippen molar-refractivity contribution in [3.63, 3.8) is 0 Å². The molecule has 0 atom stereocenters. The van der Waals surface area contributed by atoms with Crippen LogP contribution in [0.2, 0.25) is 0 Å². The molecule has 0 amide bonds. The Morgan fingerprint density at radius 2 is 2.29 bits per heavy atom. The number of aromatic nitrogens is 3. The van der Waals surface area contributed by atoms with Gasteiger partial charge in [0.1, 0.15) is 0 Å². The Morgan fingerprint density at radius 3 is 2.94 bits per heavy atom. The van der Waals surface area contributed by atoms with Crippen LogP contribution in [0.5, 0.6) is 0 Å². The molecular weight excluding hydrogens is 230 g/mol. The maximum atomic E-state index is 5.40. The fourth-order valence-corrected chi connectivity index (χ4v) is 2.79.